The summed E-state index contributed by atoms with van der Waals surface area (Å²) < 4.78 is 4.98. The third-order valence-corrected chi connectivity index (χ3v) is 2.28. The number of nitrogens with one attached hydrogen (secondary N) is 1. The number of methoxy groups -OCH3 is 1. The van der Waals surface area contributed by atoms with Crippen molar-refractivity contribution in [3.63, 3.8) is 0 Å². The van der Waals surface area contributed by atoms with Crippen molar-refractivity contribution in [1.82, 2.24) is 10.2 Å². The number of carbonyl (C=O) groups is 1. The van der Waals surface area contributed by atoms with E-state index in [9.17, 15) is 4.79 Å². The Labute approximate surface area is 98.3 Å². The van der Waals surface area contributed by atoms with E-state index < -0.39 is 0 Å². The third-order valence-electron chi connectivity index (χ3n) is 2.28. The molecule has 0 unspecified atom stereocenters. The average Bonchev–Trinajstić information content (AvgIpc) is 2.26. The highest BCUT2D eigenvalue weighted by molar-refractivity contribution is 5.77. The molecule has 0 rings (SSSR count). The zero-order valence-electron chi connectivity index (χ0n) is 10.5. The molecule has 3 N–H and O–H groups in total. The zero-order valence-corrected chi connectivity index (χ0v) is 10.5. The maximum absolute atomic E-state index is 11.5. The highest BCUT2D eigenvalue weighted by atomic mass is 16.5. The Morgan fingerprint density at radius 2 is 2.19 bits per heavy atom. The number of nitrogens with zero attached hydrogens (tertiary/aromatic N) is 1. The molecule has 96 valence electrons. The zero-order chi connectivity index (χ0) is 12.2. The quantitative estimate of drug-likeness (QED) is 0.511. The van der Waals surface area contributed by atoms with Crippen LogP contribution in [0.1, 0.15) is 19.8 Å². The van der Waals surface area contributed by atoms with Gasteiger partial charge in [-0.25, -0.2) is 0 Å². The van der Waals surface area contributed by atoms with Gasteiger partial charge >= 0.3 is 0 Å². The van der Waals surface area contributed by atoms with Crippen LogP contribution >= 0.6 is 0 Å². The van der Waals surface area contributed by atoms with E-state index in [2.05, 4.69) is 12.2 Å². The molecular weight excluding hydrogens is 206 g/mol. The Hall–Kier alpha value is -0.650. The smallest absolute Gasteiger partial charge is 0.234 e. The summed E-state index contributed by atoms with van der Waals surface area (Å²) in [7, 11) is 1.65. The van der Waals surface area contributed by atoms with Gasteiger partial charge in [-0.1, -0.05) is 13.3 Å². The molecule has 0 saturated heterocycles. The largest absolute Gasteiger partial charge is 0.383 e. The minimum absolute atomic E-state index is 0.0676. The van der Waals surface area contributed by atoms with Crippen molar-refractivity contribution in [2.24, 2.45) is 5.73 Å². The van der Waals surface area contributed by atoms with Gasteiger partial charge in [0.05, 0.1) is 13.2 Å². The van der Waals surface area contributed by atoms with Gasteiger partial charge in [-0.05, 0) is 6.42 Å². The van der Waals surface area contributed by atoms with Gasteiger partial charge in [-0.2, -0.15) is 0 Å². The van der Waals surface area contributed by atoms with Crippen molar-refractivity contribution in [2.75, 3.05) is 46.4 Å². The molecular formula is C11H25N3O2. The monoisotopic (exact) mass is 231 g/mol. The second-order valence-electron chi connectivity index (χ2n) is 3.76. The van der Waals surface area contributed by atoms with Gasteiger partial charge < -0.3 is 15.8 Å². The number of carbonyl (C=O) groups excluding carboxylic acids is 1. The molecule has 0 spiro atoms. The molecule has 0 aromatic carbocycles. The van der Waals surface area contributed by atoms with Crippen LogP contribution in [-0.2, 0) is 9.53 Å². The summed E-state index contributed by atoms with van der Waals surface area (Å²) in [4.78, 5) is 13.5. The van der Waals surface area contributed by atoms with Gasteiger partial charge in [0.15, 0.2) is 0 Å². The van der Waals surface area contributed by atoms with E-state index in [-0.39, 0.29) is 5.91 Å². The van der Waals surface area contributed by atoms with Gasteiger partial charge in [0.25, 0.3) is 0 Å². The van der Waals surface area contributed by atoms with Crippen LogP contribution in [0.5, 0.6) is 0 Å². The maximum atomic E-state index is 11.5. The first-order chi connectivity index (χ1) is 7.74. The Morgan fingerprint density at radius 3 is 2.75 bits per heavy atom. The maximum Gasteiger partial charge on any atom is 0.234 e. The second kappa shape index (κ2) is 10.9. The number of unbranched alkanes of at least 4 members (excludes halogenated alkanes) is 1. The number of rotatable bonds is 10. The van der Waals surface area contributed by atoms with E-state index in [4.69, 9.17) is 10.5 Å². The van der Waals surface area contributed by atoms with Gasteiger partial charge in [-0.15, -0.1) is 0 Å². The summed E-state index contributed by atoms with van der Waals surface area (Å²) >= 11 is 0. The Bertz CT molecular complexity index is 177. The predicted molar refractivity (Wildman–Crippen MR) is 65.3 cm³/mol. The molecule has 0 heterocycles. The SMILES string of the molecule is CCCCNC(=O)CN(CCN)CCOC. The third kappa shape index (κ3) is 8.64. The van der Waals surface area contributed by atoms with Crippen LogP contribution in [0.4, 0.5) is 0 Å². The van der Waals surface area contributed by atoms with Crippen LogP contribution in [0.2, 0.25) is 0 Å². The lowest BCUT2D eigenvalue weighted by molar-refractivity contribution is -0.122. The molecule has 16 heavy (non-hydrogen) atoms. The van der Waals surface area contributed by atoms with E-state index in [1.54, 1.807) is 7.11 Å². The number of ether oxygens (including phenoxy) is 1. The number of amides is 1. The van der Waals surface area contributed by atoms with Gasteiger partial charge in [-0.3, -0.25) is 9.69 Å². The van der Waals surface area contributed by atoms with Crippen LogP contribution < -0.4 is 11.1 Å². The number of nitrogens with two attached hydrogens (primary N) is 1. The summed E-state index contributed by atoms with van der Waals surface area (Å²) in [6.07, 6.45) is 2.12. The summed E-state index contributed by atoms with van der Waals surface area (Å²) in [6, 6.07) is 0. The first kappa shape index (κ1) is 15.3. The second-order valence-corrected chi connectivity index (χ2v) is 3.76. The molecule has 0 atom stereocenters. The predicted octanol–water partition coefficient (Wildman–Crippen LogP) is -0.190. The van der Waals surface area contributed by atoms with Gasteiger partial charge in [0.1, 0.15) is 0 Å². The highest BCUT2D eigenvalue weighted by Crippen LogP contribution is 1.88. The molecule has 0 aromatic heterocycles. The molecule has 5 heteroatoms. The first-order valence-electron chi connectivity index (χ1n) is 5.92. The van der Waals surface area contributed by atoms with Crippen molar-refractivity contribution in [2.45, 2.75) is 19.8 Å². The Balaban J connectivity index is 3.73. The summed E-state index contributed by atoms with van der Waals surface area (Å²) in [6.45, 7) is 5.93. The first-order valence-corrected chi connectivity index (χ1v) is 5.92. The lowest BCUT2D eigenvalue weighted by Crippen LogP contribution is -2.41. The van der Waals surface area contributed by atoms with Crippen LogP contribution in [0.15, 0.2) is 0 Å². The van der Waals surface area contributed by atoms with E-state index in [0.717, 1.165) is 32.5 Å². The fourth-order valence-corrected chi connectivity index (χ4v) is 1.34. The summed E-state index contributed by atoms with van der Waals surface area (Å²) in [5, 5.41) is 2.89. The summed E-state index contributed by atoms with van der Waals surface area (Å²) in [5.41, 5.74) is 5.48. The van der Waals surface area contributed by atoms with E-state index in [1.807, 2.05) is 4.90 Å². The normalized spacial score (nSPS) is 10.8. The molecule has 0 radical (unpaired) electrons. The lowest BCUT2D eigenvalue weighted by Gasteiger charge is -2.20. The van der Waals surface area contributed by atoms with Crippen molar-refractivity contribution in [3.8, 4) is 0 Å². The minimum Gasteiger partial charge on any atom is -0.383 e. The summed E-state index contributed by atoms with van der Waals surface area (Å²) in [5.74, 6) is 0.0676. The highest BCUT2D eigenvalue weighted by Gasteiger charge is 2.08. The molecule has 0 fully saturated rings. The van der Waals surface area contributed by atoms with Crippen LogP contribution in [0, 0.1) is 0 Å². The van der Waals surface area contributed by atoms with Crippen molar-refractivity contribution < 1.29 is 9.53 Å². The number of hydrogen-bond donors (Lipinski definition) is 2. The molecule has 0 aromatic rings. The van der Waals surface area contributed by atoms with Crippen LogP contribution in [0.3, 0.4) is 0 Å². The van der Waals surface area contributed by atoms with E-state index in [0.29, 0.717) is 19.7 Å². The van der Waals surface area contributed by atoms with Crippen molar-refractivity contribution in [3.05, 3.63) is 0 Å². The molecule has 0 saturated carbocycles. The molecule has 0 aliphatic carbocycles. The van der Waals surface area contributed by atoms with Crippen molar-refractivity contribution >= 4 is 5.91 Å². The minimum atomic E-state index is 0.0676. The van der Waals surface area contributed by atoms with Crippen molar-refractivity contribution in [1.29, 1.82) is 0 Å². The number of hydrogen-bond acceptors (Lipinski definition) is 4. The Kier molecular flexibility index (Phi) is 10.4. The topological polar surface area (TPSA) is 67.6 Å². The molecule has 0 aliphatic heterocycles. The van der Waals surface area contributed by atoms with Gasteiger partial charge in [0.2, 0.25) is 5.91 Å². The molecule has 1 amide bonds. The van der Waals surface area contributed by atoms with E-state index in [1.165, 1.54) is 0 Å². The fraction of sp³-hybridized carbons (Fsp3) is 0.909. The molecule has 5 nitrogen and oxygen atoms in total. The average molecular weight is 231 g/mol. The Morgan fingerprint density at radius 1 is 1.44 bits per heavy atom. The molecule has 0 aliphatic rings. The fourth-order valence-electron chi connectivity index (χ4n) is 1.34. The van der Waals surface area contributed by atoms with E-state index >= 15 is 0 Å². The molecule has 0 bridgehead atoms. The van der Waals surface area contributed by atoms with Crippen LogP contribution in [0.25, 0.3) is 0 Å². The lowest BCUT2D eigenvalue weighted by atomic mass is 10.3. The van der Waals surface area contributed by atoms with Crippen LogP contribution in [-0.4, -0.2) is 57.2 Å². The van der Waals surface area contributed by atoms with Gasteiger partial charge in [0, 0.05) is 33.3 Å². The standard InChI is InChI=1S/C11H25N3O2/c1-3-4-6-13-11(15)10-14(7-5-12)8-9-16-2/h3-10,12H2,1-2H3,(H,13,15).